The minimum absolute atomic E-state index is 0.189. The maximum atomic E-state index is 12.5. The van der Waals surface area contributed by atoms with Gasteiger partial charge in [-0.05, 0) is 36.6 Å². The van der Waals surface area contributed by atoms with E-state index >= 15 is 0 Å². The number of rotatable bonds is 4. The summed E-state index contributed by atoms with van der Waals surface area (Å²) in [6.45, 7) is 2.95. The van der Waals surface area contributed by atoms with Crippen molar-refractivity contribution in [3.05, 3.63) is 24.3 Å². The van der Waals surface area contributed by atoms with Gasteiger partial charge in [0.05, 0.1) is 4.90 Å². The van der Waals surface area contributed by atoms with Gasteiger partial charge in [0.25, 0.3) is 0 Å². The summed E-state index contributed by atoms with van der Waals surface area (Å²) in [6, 6.07) is 5.77. The van der Waals surface area contributed by atoms with Crippen LogP contribution in [0.5, 0.6) is 0 Å². The zero-order valence-electron chi connectivity index (χ0n) is 11.0. The highest BCUT2D eigenvalue weighted by molar-refractivity contribution is 7.91. The number of hydrogen-bond donors (Lipinski definition) is 0. The van der Waals surface area contributed by atoms with Gasteiger partial charge in [0.1, 0.15) is 0 Å². The second-order valence-corrected chi connectivity index (χ2v) is 7.21. The molecule has 0 radical (unpaired) electrons. The summed E-state index contributed by atoms with van der Waals surface area (Å²) < 4.78 is 47.6. The van der Waals surface area contributed by atoms with Crippen molar-refractivity contribution in [1.82, 2.24) is 0 Å². The Labute approximate surface area is 122 Å². The fraction of sp³-hybridized carbons (Fsp3) is 0.538. The largest absolute Gasteiger partial charge is 0.367 e. The molecule has 2 unspecified atom stereocenters. The number of halogens is 3. The summed E-state index contributed by atoms with van der Waals surface area (Å²) in [7, 11) is -4.52. The van der Waals surface area contributed by atoms with Crippen LogP contribution in [0.3, 0.4) is 0 Å². The first-order chi connectivity index (χ1) is 9.37. The van der Waals surface area contributed by atoms with E-state index in [0.29, 0.717) is 11.8 Å². The summed E-state index contributed by atoms with van der Waals surface area (Å²) in [5.41, 5.74) is 0.813. The van der Waals surface area contributed by atoms with Crippen molar-refractivity contribution in [1.29, 1.82) is 0 Å². The number of hydrogen-bond acceptors (Lipinski definition) is 3. The van der Waals surface area contributed by atoms with Gasteiger partial charge >= 0.3 is 5.76 Å². The quantitative estimate of drug-likeness (QED) is 0.799. The van der Waals surface area contributed by atoms with Gasteiger partial charge in [0.2, 0.25) is 9.84 Å². The lowest BCUT2D eigenvalue weighted by Crippen LogP contribution is -2.33. The van der Waals surface area contributed by atoms with E-state index in [1.165, 1.54) is 12.1 Å². The minimum Gasteiger partial charge on any atom is -0.367 e. The van der Waals surface area contributed by atoms with Crippen LogP contribution in [-0.2, 0) is 9.84 Å². The molecule has 20 heavy (non-hydrogen) atoms. The molecule has 1 saturated heterocycles. The Balaban J connectivity index is 2.25. The molecule has 0 aliphatic carbocycles. The van der Waals surface area contributed by atoms with Gasteiger partial charge in [0, 0.05) is 24.2 Å². The fourth-order valence-electron chi connectivity index (χ4n) is 2.49. The minimum atomic E-state index is -4.52. The lowest BCUT2D eigenvalue weighted by molar-refractivity contribution is 0.234. The van der Waals surface area contributed by atoms with E-state index in [2.05, 4.69) is 11.8 Å². The summed E-state index contributed by atoms with van der Waals surface area (Å²) in [5.74, 6) is -2.45. The van der Waals surface area contributed by atoms with Crippen LogP contribution in [0, 0.1) is 5.92 Å². The lowest BCUT2D eigenvalue weighted by Gasteiger charge is -2.27. The van der Waals surface area contributed by atoms with Gasteiger partial charge in [-0.25, -0.2) is 8.42 Å². The Morgan fingerprint density at radius 1 is 1.35 bits per heavy atom. The van der Waals surface area contributed by atoms with Crippen LogP contribution in [0.1, 0.15) is 13.3 Å². The van der Waals surface area contributed by atoms with Crippen molar-refractivity contribution < 1.29 is 17.2 Å². The average Bonchev–Trinajstić information content (AvgIpc) is 2.79. The molecule has 0 N–H and O–H groups in total. The summed E-state index contributed by atoms with van der Waals surface area (Å²) >= 11 is 5.96. The maximum absolute atomic E-state index is 12.5. The van der Waals surface area contributed by atoms with Crippen LogP contribution in [0.2, 0.25) is 0 Å². The first kappa shape index (κ1) is 15.5. The molecule has 2 atom stereocenters. The van der Waals surface area contributed by atoms with Crippen LogP contribution >= 0.6 is 11.6 Å². The highest BCUT2D eigenvalue weighted by atomic mass is 35.5. The first-order valence-corrected chi connectivity index (χ1v) is 8.40. The Kier molecular flexibility index (Phi) is 4.54. The van der Waals surface area contributed by atoms with Crippen LogP contribution in [0.4, 0.5) is 14.5 Å². The third kappa shape index (κ3) is 2.76. The molecule has 1 aromatic rings. The second kappa shape index (κ2) is 5.85. The third-order valence-corrected chi connectivity index (χ3v) is 5.49. The Bertz CT molecular complexity index is 562. The normalized spacial score (nSPS) is 23.6. The monoisotopic (exact) mass is 323 g/mol. The summed E-state index contributed by atoms with van der Waals surface area (Å²) in [5, 5.41) is 0. The predicted molar refractivity (Wildman–Crippen MR) is 75.3 cm³/mol. The number of benzene rings is 1. The average molecular weight is 324 g/mol. The van der Waals surface area contributed by atoms with Crippen molar-refractivity contribution in [3.63, 3.8) is 0 Å². The Morgan fingerprint density at radius 2 is 1.95 bits per heavy atom. The fourth-order valence-corrected chi connectivity index (χ4v) is 3.69. The van der Waals surface area contributed by atoms with E-state index in [0.717, 1.165) is 18.7 Å². The van der Waals surface area contributed by atoms with Crippen LogP contribution in [0.15, 0.2) is 29.2 Å². The number of alkyl halides is 3. The van der Waals surface area contributed by atoms with Crippen molar-refractivity contribution in [3.8, 4) is 0 Å². The van der Waals surface area contributed by atoms with E-state index in [4.69, 9.17) is 11.6 Å². The second-order valence-electron chi connectivity index (χ2n) is 4.98. The zero-order valence-corrected chi connectivity index (χ0v) is 12.5. The topological polar surface area (TPSA) is 37.4 Å². The molecule has 0 aromatic heterocycles. The van der Waals surface area contributed by atoms with Crippen LogP contribution in [-0.4, -0.2) is 32.6 Å². The Morgan fingerprint density at radius 3 is 2.45 bits per heavy atom. The van der Waals surface area contributed by atoms with Gasteiger partial charge in [-0.15, -0.1) is 11.6 Å². The Hall–Kier alpha value is -0.880. The summed E-state index contributed by atoms with van der Waals surface area (Å²) in [4.78, 5) is 1.74. The zero-order chi connectivity index (χ0) is 14.9. The van der Waals surface area contributed by atoms with Gasteiger partial charge < -0.3 is 4.90 Å². The molecular formula is C13H16ClF2NO2S. The van der Waals surface area contributed by atoms with Gasteiger partial charge in [-0.2, -0.15) is 8.78 Å². The molecule has 3 nitrogen and oxygen atoms in total. The number of anilines is 1. The first-order valence-electron chi connectivity index (χ1n) is 6.32. The lowest BCUT2D eigenvalue weighted by atomic mass is 10.0. The van der Waals surface area contributed by atoms with E-state index < -0.39 is 15.6 Å². The highest BCUT2D eigenvalue weighted by Crippen LogP contribution is 2.31. The standard InChI is InChI=1S/C13H16ClF2NO2S/c1-9-6-7-17(12(9)8-14)10-2-4-11(5-3-10)20(18,19)13(15)16/h2-5,9,12-13H,6-8H2,1H3. The van der Waals surface area contributed by atoms with Crippen molar-refractivity contribution in [2.45, 2.75) is 30.0 Å². The molecule has 1 aliphatic heterocycles. The molecule has 0 saturated carbocycles. The molecule has 0 spiro atoms. The van der Waals surface area contributed by atoms with Crippen molar-refractivity contribution in [2.75, 3.05) is 17.3 Å². The van der Waals surface area contributed by atoms with E-state index in [-0.39, 0.29) is 10.9 Å². The van der Waals surface area contributed by atoms with Crippen LogP contribution in [0.25, 0.3) is 0 Å². The number of nitrogens with zero attached hydrogens (tertiary/aromatic N) is 1. The molecule has 2 rings (SSSR count). The molecule has 1 fully saturated rings. The van der Waals surface area contributed by atoms with E-state index in [1.807, 2.05) is 0 Å². The molecule has 0 amide bonds. The SMILES string of the molecule is CC1CCN(c2ccc(S(=O)(=O)C(F)F)cc2)C1CCl. The van der Waals surface area contributed by atoms with Crippen molar-refractivity contribution >= 4 is 27.1 Å². The highest BCUT2D eigenvalue weighted by Gasteiger charge is 2.31. The molecule has 1 aromatic carbocycles. The predicted octanol–water partition coefficient (Wildman–Crippen LogP) is 3.14. The summed E-state index contributed by atoms with van der Waals surface area (Å²) in [6.07, 6.45) is 1.01. The maximum Gasteiger partial charge on any atom is 0.341 e. The van der Waals surface area contributed by atoms with E-state index in [1.54, 1.807) is 12.1 Å². The molecule has 1 aliphatic rings. The van der Waals surface area contributed by atoms with E-state index in [9.17, 15) is 17.2 Å². The molecular weight excluding hydrogens is 308 g/mol. The number of sulfone groups is 1. The van der Waals surface area contributed by atoms with Crippen molar-refractivity contribution in [2.24, 2.45) is 5.92 Å². The molecule has 1 heterocycles. The molecule has 112 valence electrons. The smallest absolute Gasteiger partial charge is 0.341 e. The van der Waals surface area contributed by atoms with Gasteiger partial charge in [0.15, 0.2) is 0 Å². The van der Waals surface area contributed by atoms with Gasteiger partial charge in [-0.3, -0.25) is 0 Å². The van der Waals surface area contributed by atoms with Gasteiger partial charge in [-0.1, -0.05) is 6.92 Å². The molecule has 7 heteroatoms. The molecule has 0 bridgehead atoms. The third-order valence-electron chi connectivity index (χ3n) is 3.77. The van der Waals surface area contributed by atoms with Crippen LogP contribution < -0.4 is 4.90 Å².